The highest BCUT2D eigenvalue weighted by Gasteiger charge is 2.21. The van der Waals surface area contributed by atoms with Gasteiger partial charge in [0.1, 0.15) is 0 Å². The number of fused-ring (bicyclic) bond motifs is 6. The lowest BCUT2D eigenvalue weighted by atomic mass is 9.95. The largest absolute Gasteiger partial charge is 0.309 e. The molecule has 0 atom stereocenters. The van der Waals surface area contributed by atoms with E-state index in [0.717, 1.165) is 27.9 Å². The number of hydrogen-bond acceptors (Lipinski definition) is 0. The fourth-order valence-electron chi connectivity index (χ4n) is 11.4. The van der Waals surface area contributed by atoms with E-state index in [-0.39, 0.29) is 0 Å². The first-order valence-electron chi connectivity index (χ1n) is 25.5. The fourth-order valence-corrected chi connectivity index (χ4v) is 11.4. The molecule has 2 nitrogen and oxygen atoms in total. The second-order valence-corrected chi connectivity index (χ2v) is 19.3. The Hall–Kier alpha value is -9.76. The molecule has 0 spiro atoms. The van der Waals surface area contributed by atoms with Gasteiger partial charge in [0, 0.05) is 32.8 Å². The molecule has 0 saturated carbocycles. The standard InChI is InChI=1S/C72H48N2/c1-6-19-49(20-7-1)54-29-16-31-60(43-54)63-33-18-34-70-72(63)66-47-58(38-42-69(66)73(70)61-32-17-30-55(44-61)50-21-8-2-9-22-50)57-37-41-68-65(46-57)64-45-56(51-23-10-3-11-24-51)36-40-67(64)74(68)71-48-59(52-25-12-4-13-26-52)35-39-62(71)53-27-14-5-15-28-53/h1-48H. The summed E-state index contributed by atoms with van der Waals surface area (Å²) < 4.78 is 4.95. The Labute approximate surface area is 431 Å². The van der Waals surface area contributed by atoms with Crippen molar-refractivity contribution in [3.63, 3.8) is 0 Å². The molecule has 14 aromatic rings. The van der Waals surface area contributed by atoms with Gasteiger partial charge in [0.05, 0.1) is 27.8 Å². The maximum atomic E-state index is 2.49. The summed E-state index contributed by atoms with van der Waals surface area (Å²) in [5.74, 6) is 0. The van der Waals surface area contributed by atoms with E-state index in [1.165, 1.54) is 105 Å². The van der Waals surface area contributed by atoms with Crippen molar-refractivity contribution < 1.29 is 0 Å². The minimum absolute atomic E-state index is 1.13. The van der Waals surface area contributed by atoms with E-state index in [4.69, 9.17) is 0 Å². The Bertz CT molecular complexity index is 4380. The van der Waals surface area contributed by atoms with Crippen LogP contribution in [-0.2, 0) is 0 Å². The van der Waals surface area contributed by atoms with Gasteiger partial charge in [-0.3, -0.25) is 0 Å². The SMILES string of the molecule is c1ccc(-c2cccc(-c3cccc4c3c3cc(-c5ccc6c(c5)c5cc(-c7ccccc7)ccc5n6-c5cc(-c6ccccc6)ccc5-c5ccccc5)ccc3n4-c3cccc(-c4ccccc4)c3)c2)cc1. The maximum Gasteiger partial charge on any atom is 0.0547 e. The van der Waals surface area contributed by atoms with Crippen molar-refractivity contribution in [3.05, 3.63) is 291 Å². The van der Waals surface area contributed by atoms with Crippen molar-refractivity contribution in [2.45, 2.75) is 0 Å². The Morgan fingerprint density at radius 3 is 1.14 bits per heavy atom. The van der Waals surface area contributed by atoms with E-state index in [0.29, 0.717) is 0 Å². The molecule has 0 fully saturated rings. The van der Waals surface area contributed by atoms with Crippen LogP contribution in [0.4, 0.5) is 0 Å². The zero-order valence-corrected chi connectivity index (χ0v) is 40.6. The topological polar surface area (TPSA) is 9.86 Å². The summed E-state index contributed by atoms with van der Waals surface area (Å²) in [6.07, 6.45) is 0. The van der Waals surface area contributed by atoms with Crippen molar-refractivity contribution in [1.29, 1.82) is 0 Å². The van der Waals surface area contributed by atoms with E-state index in [1.807, 2.05) is 0 Å². The zero-order chi connectivity index (χ0) is 49.0. The Morgan fingerprint density at radius 1 is 0.189 bits per heavy atom. The number of nitrogens with zero attached hydrogens (tertiary/aromatic N) is 2. The monoisotopic (exact) mass is 940 g/mol. The van der Waals surface area contributed by atoms with Crippen LogP contribution in [0.1, 0.15) is 0 Å². The molecule has 0 aliphatic heterocycles. The molecule has 0 aliphatic rings. The summed E-state index contributed by atoms with van der Waals surface area (Å²) in [4.78, 5) is 0. The molecular weight excluding hydrogens is 893 g/mol. The van der Waals surface area contributed by atoms with Gasteiger partial charge >= 0.3 is 0 Å². The molecule has 0 aliphatic carbocycles. The van der Waals surface area contributed by atoms with Crippen LogP contribution >= 0.6 is 0 Å². The van der Waals surface area contributed by atoms with E-state index in [9.17, 15) is 0 Å². The quantitative estimate of drug-likeness (QED) is 0.136. The zero-order valence-electron chi connectivity index (χ0n) is 40.6. The van der Waals surface area contributed by atoms with E-state index in [1.54, 1.807) is 0 Å². The first kappa shape index (κ1) is 43.1. The summed E-state index contributed by atoms with van der Waals surface area (Å²) in [6, 6.07) is 107. The van der Waals surface area contributed by atoms with Crippen LogP contribution in [0.5, 0.6) is 0 Å². The number of rotatable bonds is 9. The van der Waals surface area contributed by atoms with Gasteiger partial charge in [0.2, 0.25) is 0 Å². The molecule has 2 heterocycles. The van der Waals surface area contributed by atoms with Gasteiger partial charge in [-0.25, -0.2) is 0 Å². The third kappa shape index (κ3) is 7.52. The van der Waals surface area contributed by atoms with Crippen molar-refractivity contribution in [3.8, 4) is 89.3 Å². The van der Waals surface area contributed by atoms with Crippen LogP contribution in [0.2, 0.25) is 0 Å². The van der Waals surface area contributed by atoms with Crippen LogP contribution in [0, 0.1) is 0 Å². The lowest BCUT2D eigenvalue weighted by molar-refractivity contribution is 1.18. The van der Waals surface area contributed by atoms with Crippen molar-refractivity contribution >= 4 is 43.6 Å². The highest BCUT2D eigenvalue weighted by molar-refractivity contribution is 6.17. The molecule has 12 aromatic carbocycles. The van der Waals surface area contributed by atoms with Crippen LogP contribution in [-0.4, -0.2) is 9.13 Å². The third-order valence-corrected chi connectivity index (χ3v) is 14.9. The molecule has 2 aromatic heterocycles. The van der Waals surface area contributed by atoms with Crippen molar-refractivity contribution in [2.75, 3.05) is 0 Å². The van der Waals surface area contributed by atoms with E-state index >= 15 is 0 Å². The second-order valence-electron chi connectivity index (χ2n) is 19.3. The number of aromatic nitrogens is 2. The van der Waals surface area contributed by atoms with Gasteiger partial charge in [0.15, 0.2) is 0 Å². The molecule has 0 N–H and O–H groups in total. The Balaban J connectivity index is 1.00. The van der Waals surface area contributed by atoms with Gasteiger partial charge < -0.3 is 9.13 Å². The fraction of sp³-hybridized carbons (Fsp3) is 0. The van der Waals surface area contributed by atoms with Gasteiger partial charge in [-0.1, -0.05) is 224 Å². The van der Waals surface area contributed by atoms with E-state index < -0.39 is 0 Å². The lowest BCUT2D eigenvalue weighted by Crippen LogP contribution is -1.98. The Morgan fingerprint density at radius 2 is 0.581 bits per heavy atom. The summed E-state index contributed by atoms with van der Waals surface area (Å²) >= 11 is 0. The minimum Gasteiger partial charge on any atom is -0.309 e. The summed E-state index contributed by atoms with van der Waals surface area (Å²) in [6.45, 7) is 0. The smallest absolute Gasteiger partial charge is 0.0547 e. The van der Waals surface area contributed by atoms with Crippen molar-refractivity contribution in [2.24, 2.45) is 0 Å². The van der Waals surface area contributed by atoms with Gasteiger partial charge in [-0.15, -0.1) is 0 Å². The molecule has 2 heteroatoms. The number of hydrogen-bond donors (Lipinski definition) is 0. The van der Waals surface area contributed by atoms with Gasteiger partial charge in [0.25, 0.3) is 0 Å². The van der Waals surface area contributed by atoms with Crippen molar-refractivity contribution in [1.82, 2.24) is 9.13 Å². The van der Waals surface area contributed by atoms with Gasteiger partial charge in [-0.2, -0.15) is 0 Å². The van der Waals surface area contributed by atoms with Crippen LogP contribution < -0.4 is 0 Å². The molecule has 0 unspecified atom stereocenters. The Kier molecular flexibility index (Phi) is 10.6. The molecule has 0 radical (unpaired) electrons. The normalized spacial score (nSPS) is 11.5. The molecule has 74 heavy (non-hydrogen) atoms. The highest BCUT2D eigenvalue weighted by atomic mass is 15.0. The average molecular weight is 941 g/mol. The average Bonchev–Trinajstić information content (AvgIpc) is 4.00. The highest BCUT2D eigenvalue weighted by Crippen LogP contribution is 2.44. The van der Waals surface area contributed by atoms with Crippen LogP contribution in [0.15, 0.2) is 291 Å². The molecule has 0 amide bonds. The molecular formula is C72H48N2. The summed E-state index contributed by atoms with van der Waals surface area (Å²) in [7, 11) is 0. The second kappa shape index (κ2) is 18.1. The first-order valence-corrected chi connectivity index (χ1v) is 25.5. The van der Waals surface area contributed by atoms with Crippen LogP contribution in [0.3, 0.4) is 0 Å². The predicted octanol–water partition coefficient (Wildman–Crippen LogP) is 19.5. The maximum absolute atomic E-state index is 2.49. The third-order valence-electron chi connectivity index (χ3n) is 14.9. The lowest BCUT2D eigenvalue weighted by Gasteiger charge is -2.16. The molecule has 0 bridgehead atoms. The van der Waals surface area contributed by atoms with E-state index in [2.05, 4.69) is 300 Å². The minimum atomic E-state index is 1.13. The van der Waals surface area contributed by atoms with Gasteiger partial charge in [-0.05, 0) is 139 Å². The predicted molar refractivity (Wildman–Crippen MR) is 313 cm³/mol. The number of benzene rings is 12. The van der Waals surface area contributed by atoms with Crippen LogP contribution in [0.25, 0.3) is 133 Å². The molecule has 346 valence electrons. The first-order chi connectivity index (χ1) is 36.7. The molecule has 0 saturated heterocycles. The summed E-state index contributed by atoms with van der Waals surface area (Å²) in [5.41, 5.74) is 23.6. The molecule has 14 rings (SSSR count). The summed E-state index contributed by atoms with van der Waals surface area (Å²) in [5, 5.41) is 4.86.